The highest BCUT2D eigenvalue weighted by Gasteiger charge is 2.11. The van der Waals surface area contributed by atoms with Crippen LogP contribution in [0.3, 0.4) is 0 Å². The van der Waals surface area contributed by atoms with Crippen molar-refractivity contribution in [1.82, 2.24) is 0 Å². The number of nitrogens with two attached hydrogens (primary N) is 1. The number of carbonyl (C=O) groups is 1. The molecule has 0 saturated carbocycles. The molecule has 104 valence electrons. The molecule has 0 aromatic heterocycles. The lowest BCUT2D eigenvalue weighted by atomic mass is 10.1. The van der Waals surface area contributed by atoms with E-state index in [2.05, 4.69) is 5.32 Å². The molecule has 2 rings (SSSR count). The molecule has 20 heavy (non-hydrogen) atoms. The van der Waals surface area contributed by atoms with Crippen LogP contribution >= 0.6 is 0 Å². The average molecular weight is 274 g/mol. The van der Waals surface area contributed by atoms with Crippen LogP contribution < -0.4 is 15.8 Å². The summed E-state index contributed by atoms with van der Waals surface area (Å²) >= 11 is 0. The number of hydrogen-bond acceptors (Lipinski definition) is 3. The van der Waals surface area contributed by atoms with Gasteiger partial charge in [0, 0.05) is 16.9 Å². The Kier molecular flexibility index (Phi) is 3.89. The first kappa shape index (κ1) is 13.9. The Balaban J connectivity index is 2.24. The molecule has 0 atom stereocenters. The summed E-state index contributed by atoms with van der Waals surface area (Å²) in [6.07, 6.45) is 0. The van der Waals surface area contributed by atoms with Gasteiger partial charge in [-0.1, -0.05) is 6.07 Å². The Hall–Kier alpha value is -2.56. The fourth-order valence-corrected chi connectivity index (χ4v) is 1.78. The number of carbonyl (C=O) groups excluding carboxylic acids is 1. The number of halogens is 1. The van der Waals surface area contributed by atoms with Crippen LogP contribution in [0.15, 0.2) is 36.4 Å². The molecular formula is C15H15FN2O2. The molecule has 0 spiro atoms. The summed E-state index contributed by atoms with van der Waals surface area (Å²) in [7, 11) is 1.37. The molecule has 0 aliphatic heterocycles. The maximum atomic E-state index is 13.6. The van der Waals surface area contributed by atoms with Gasteiger partial charge in [0.25, 0.3) is 5.91 Å². The molecule has 0 saturated heterocycles. The largest absolute Gasteiger partial charge is 0.494 e. The predicted octanol–water partition coefficient (Wildman–Crippen LogP) is 2.98. The maximum Gasteiger partial charge on any atom is 0.255 e. The van der Waals surface area contributed by atoms with Crippen LogP contribution in [0, 0.1) is 12.7 Å². The Labute approximate surface area is 116 Å². The van der Waals surface area contributed by atoms with E-state index >= 15 is 0 Å². The van der Waals surface area contributed by atoms with E-state index in [1.807, 2.05) is 6.92 Å². The van der Waals surface area contributed by atoms with E-state index in [4.69, 9.17) is 10.5 Å². The third-order valence-corrected chi connectivity index (χ3v) is 2.92. The van der Waals surface area contributed by atoms with Gasteiger partial charge in [-0.15, -0.1) is 0 Å². The molecule has 1 amide bonds. The second kappa shape index (κ2) is 5.61. The summed E-state index contributed by atoms with van der Waals surface area (Å²) in [5.74, 6) is -0.883. The number of hydrogen-bond donors (Lipinski definition) is 2. The quantitative estimate of drug-likeness (QED) is 0.846. The van der Waals surface area contributed by atoms with Crippen LogP contribution in [0.4, 0.5) is 15.8 Å². The molecular weight excluding hydrogens is 259 g/mol. The van der Waals surface area contributed by atoms with E-state index in [0.29, 0.717) is 11.4 Å². The van der Waals surface area contributed by atoms with Gasteiger partial charge in [0.15, 0.2) is 11.6 Å². The second-order valence-corrected chi connectivity index (χ2v) is 4.38. The summed E-state index contributed by atoms with van der Waals surface area (Å²) in [5.41, 5.74) is 7.92. The summed E-state index contributed by atoms with van der Waals surface area (Å²) < 4.78 is 18.4. The number of nitrogens with one attached hydrogen (secondary N) is 1. The van der Waals surface area contributed by atoms with E-state index in [-0.39, 0.29) is 11.3 Å². The van der Waals surface area contributed by atoms with Crippen LogP contribution in [0.25, 0.3) is 0 Å². The van der Waals surface area contributed by atoms with Crippen LogP contribution in [0.2, 0.25) is 0 Å². The topological polar surface area (TPSA) is 64.3 Å². The summed E-state index contributed by atoms with van der Waals surface area (Å²) in [6, 6.07) is 9.26. The summed E-state index contributed by atoms with van der Waals surface area (Å²) in [5, 5.41) is 2.71. The van der Waals surface area contributed by atoms with Gasteiger partial charge in [0.2, 0.25) is 0 Å². The lowest BCUT2D eigenvalue weighted by Gasteiger charge is -2.10. The second-order valence-electron chi connectivity index (χ2n) is 4.38. The number of methoxy groups -OCH3 is 1. The minimum atomic E-state index is -0.579. The van der Waals surface area contributed by atoms with Gasteiger partial charge in [-0.2, -0.15) is 0 Å². The molecule has 2 aromatic carbocycles. The van der Waals surface area contributed by atoms with Gasteiger partial charge in [-0.05, 0) is 42.8 Å². The first-order chi connectivity index (χ1) is 9.51. The van der Waals surface area contributed by atoms with Crippen molar-refractivity contribution >= 4 is 17.3 Å². The Morgan fingerprint density at radius 3 is 2.65 bits per heavy atom. The molecule has 3 N–H and O–H groups in total. The molecule has 4 nitrogen and oxygen atoms in total. The summed E-state index contributed by atoms with van der Waals surface area (Å²) in [6.45, 7) is 1.85. The fourth-order valence-electron chi connectivity index (χ4n) is 1.78. The van der Waals surface area contributed by atoms with Crippen molar-refractivity contribution in [2.75, 3.05) is 18.2 Å². The highest BCUT2D eigenvalue weighted by molar-refractivity contribution is 6.04. The van der Waals surface area contributed by atoms with Crippen molar-refractivity contribution < 1.29 is 13.9 Å². The molecule has 0 fully saturated rings. The van der Waals surface area contributed by atoms with Crippen LogP contribution in [0.5, 0.6) is 5.75 Å². The van der Waals surface area contributed by atoms with Crippen LogP contribution in [-0.2, 0) is 0 Å². The minimum Gasteiger partial charge on any atom is -0.494 e. The van der Waals surface area contributed by atoms with Gasteiger partial charge < -0.3 is 15.8 Å². The molecule has 0 aliphatic rings. The van der Waals surface area contributed by atoms with Crippen molar-refractivity contribution in [2.24, 2.45) is 0 Å². The summed E-state index contributed by atoms with van der Waals surface area (Å²) in [4.78, 5) is 12.1. The van der Waals surface area contributed by atoms with Gasteiger partial charge in [-0.25, -0.2) is 4.39 Å². The van der Waals surface area contributed by atoms with Crippen molar-refractivity contribution in [3.8, 4) is 5.75 Å². The Morgan fingerprint density at radius 1 is 1.25 bits per heavy atom. The van der Waals surface area contributed by atoms with Gasteiger partial charge in [-0.3, -0.25) is 4.79 Å². The predicted molar refractivity (Wildman–Crippen MR) is 76.5 cm³/mol. The van der Waals surface area contributed by atoms with Crippen molar-refractivity contribution in [3.63, 3.8) is 0 Å². The zero-order chi connectivity index (χ0) is 14.7. The van der Waals surface area contributed by atoms with Crippen molar-refractivity contribution in [2.45, 2.75) is 6.92 Å². The molecule has 0 bridgehead atoms. The SMILES string of the molecule is COc1ccc(C(=O)Nc2cc(N)ccc2C)cc1F. The van der Waals surface area contributed by atoms with Crippen LogP contribution in [-0.4, -0.2) is 13.0 Å². The van der Waals surface area contributed by atoms with Crippen molar-refractivity contribution in [3.05, 3.63) is 53.3 Å². The number of amides is 1. The fraction of sp³-hybridized carbons (Fsp3) is 0.133. The zero-order valence-corrected chi connectivity index (χ0v) is 11.2. The highest BCUT2D eigenvalue weighted by Crippen LogP contribution is 2.21. The van der Waals surface area contributed by atoms with E-state index in [1.165, 1.54) is 19.2 Å². The number of nitrogen functional groups attached to an aromatic ring is 1. The zero-order valence-electron chi connectivity index (χ0n) is 11.2. The number of ether oxygens (including phenoxy) is 1. The monoisotopic (exact) mass is 274 g/mol. The van der Waals surface area contributed by atoms with Gasteiger partial charge in [0.1, 0.15) is 0 Å². The first-order valence-corrected chi connectivity index (χ1v) is 6.02. The highest BCUT2D eigenvalue weighted by atomic mass is 19.1. The maximum absolute atomic E-state index is 13.6. The third-order valence-electron chi connectivity index (χ3n) is 2.92. The van der Waals surface area contributed by atoms with E-state index < -0.39 is 11.7 Å². The van der Waals surface area contributed by atoms with E-state index in [0.717, 1.165) is 11.6 Å². The lowest BCUT2D eigenvalue weighted by Crippen LogP contribution is -2.13. The average Bonchev–Trinajstić information content (AvgIpc) is 2.42. The molecule has 5 heteroatoms. The van der Waals surface area contributed by atoms with Crippen LogP contribution in [0.1, 0.15) is 15.9 Å². The first-order valence-electron chi connectivity index (χ1n) is 6.02. The normalized spacial score (nSPS) is 10.2. The molecule has 2 aromatic rings. The molecule has 0 unspecified atom stereocenters. The number of benzene rings is 2. The number of aryl methyl sites for hydroxylation is 1. The van der Waals surface area contributed by atoms with Gasteiger partial charge in [0.05, 0.1) is 7.11 Å². The Morgan fingerprint density at radius 2 is 2.00 bits per heavy atom. The number of anilines is 2. The van der Waals surface area contributed by atoms with E-state index in [9.17, 15) is 9.18 Å². The number of rotatable bonds is 3. The van der Waals surface area contributed by atoms with E-state index in [1.54, 1.807) is 18.2 Å². The lowest BCUT2D eigenvalue weighted by molar-refractivity contribution is 0.102. The molecule has 0 radical (unpaired) electrons. The standard InChI is InChI=1S/C15H15FN2O2/c1-9-3-5-11(17)8-13(9)18-15(19)10-4-6-14(20-2)12(16)7-10/h3-8H,17H2,1-2H3,(H,18,19). The van der Waals surface area contributed by atoms with Gasteiger partial charge >= 0.3 is 0 Å². The minimum absolute atomic E-state index is 0.0988. The smallest absolute Gasteiger partial charge is 0.255 e. The molecule has 0 aliphatic carbocycles. The Bertz CT molecular complexity index is 656. The third kappa shape index (κ3) is 2.88. The van der Waals surface area contributed by atoms with Crippen molar-refractivity contribution in [1.29, 1.82) is 0 Å². The molecule has 0 heterocycles.